The Morgan fingerprint density at radius 1 is 1.13 bits per heavy atom. The number of hydrogen-bond acceptors (Lipinski definition) is 5. The summed E-state index contributed by atoms with van der Waals surface area (Å²) in [5.74, 6) is 0.691. The van der Waals surface area contributed by atoms with Crippen molar-refractivity contribution in [3.8, 4) is 5.75 Å². The van der Waals surface area contributed by atoms with Gasteiger partial charge in [-0.15, -0.1) is 0 Å². The molecule has 6 heteroatoms. The van der Waals surface area contributed by atoms with Crippen molar-refractivity contribution in [3.05, 3.63) is 63.2 Å². The lowest BCUT2D eigenvalue weighted by atomic mass is 9.88. The van der Waals surface area contributed by atoms with Crippen molar-refractivity contribution in [3.63, 3.8) is 0 Å². The first kappa shape index (κ1) is 21.6. The molecule has 0 aromatic heterocycles. The maximum atomic E-state index is 10.3. The van der Waals surface area contributed by atoms with Gasteiger partial charge in [-0.05, 0) is 35.1 Å². The Hall–Kier alpha value is -1.63. The van der Waals surface area contributed by atoms with Crippen molar-refractivity contribution in [1.29, 1.82) is 0 Å². The Labute approximate surface area is 182 Å². The molecule has 0 spiro atoms. The zero-order valence-electron chi connectivity index (χ0n) is 17.2. The minimum absolute atomic E-state index is 0.261. The lowest BCUT2D eigenvalue weighted by molar-refractivity contribution is -0.181. The number of benzene rings is 2. The number of hydrogen-bond donors (Lipinski definition) is 3. The van der Waals surface area contributed by atoms with Crippen LogP contribution in [-0.2, 0) is 24.0 Å². The number of aliphatic hydroxyl groups is 3. The molecule has 1 saturated heterocycles. The van der Waals surface area contributed by atoms with E-state index in [1.165, 1.54) is 5.56 Å². The summed E-state index contributed by atoms with van der Waals surface area (Å²) in [5.41, 5.74) is 5.35. The van der Waals surface area contributed by atoms with Crippen LogP contribution in [0.5, 0.6) is 5.75 Å². The van der Waals surface area contributed by atoms with Crippen LogP contribution in [0, 0.1) is 0 Å². The van der Waals surface area contributed by atoms with Crippen LogP contribution in [-0.4, -0.2) is 46.8 Å². The predicted molar refractivity (Wildman–Crippen MR) is 115 cm³/mol. The maximum Gasteiger partial charge on any atom is 0.141 e. The molecule has 2 aliphatic rings. The Balaban J connectivity index is 1.66. The molecular formula is C24H29ClO5. The van der Waals surface area contributed by atoms with E-state index in [1.807, 2.05) is 6.07 Å². The third kappa shape index (κ3) is 4.23. The van der Waals surface area contributed by atoms with Gasteiger partial charge in [-0.1, -0.05) is 55.3 Å². The van der Waals surface area contributed by atoms with Gasteiger partial charge in [-0.3, -0.25) is 0 Å². The SMILES string of the molecule is CCCc1ccc(Cc2cc(C3CC(O)[C@H](O)C(CO)O3)c3c(c2Cl)OCC3)cc1. The third-order valence-corrected chi connectivity index (χ3v) is 6.50. The number of halogens is 1. The maximum absolute atomic E-state index is 10.3. The molecule has 0 saturated carbocycles. The quantitative estimate of drug-likeness (QED) is 0.652. The average molecular weight is 433 g/mol. The minimum atomic E-state index is -1.09. The van der Waals surface area contributed by atoms with Crippen LogP contribution in [0.2, 0.25) is 5.02 Å². The minimum Gasteiger partial charge on any atom is -0.491 e. The van der Waals surface area contributed by atoms with Crippen molar-refractivity contribution in [2.24, 2.45) is 0 Å². The number of aryl methyl sites for hydroxylation is 1. The van der Waals surface area contributed by atoms with Gasteiger partial charge < -0.3 is 24.8 Å². The van der Waals surface area contributed by atoms with Gasteiger partial charge in [0.25, 0.3) is 0 Å². The Kier molecular flexibility index (Phi) is 6.66. The highest BCUT2D eigenvalue weighted by molar-refractivity contribution is 6.33. The van der Waals surface area contributed by atoms with Gasteiger partial charge in [0.05, 0.1) is 30.4 Å². The van der Waals surface area contributed by atoms with Gasteiger partial charge in [0.15, 0.2) is 0 Å². The smallest absolute Gasteiger partial charge is 0.141 e. The summed E-state index contributed by atoms with van der Waals surface area (Å²) < 4.78 is 11.8. The van der Waals surface area contributed by atoms with Crippen LogP contribution in [0.3, 0.4) is 0 Å². The monoisotopic (exact) mass is 432 g/mol. The molecule has 0 amide bonds. The summed E-state index contributed by atoms with van der Waals surface area (Å²) in [6.45, 7) is 2.38. The molecule has 0 bridgehead atoms. The molecule has 0 radical (unpaired) electrons. The Morgan fingerprint density at radius 2 is 1.87 bits per heavy atom. The van der Waals surface area contributed by atoms with Gasteiger partial charge >= 0.3 is 0 Å². The molecule has 162 valence electrons. The van der Waals surface area contributed by atoms with Gasteiger partial charge in [-0.25, -0.2) is 0 Å². The van der Waals surface area contributed by atoms with E-state index in [1.54, 1.807) is 0 Å². The molecule has 3 N–H and O–H groups in total. The standard InChI is InChI=1S/C24H29ClO5/c1-2-3-14-4-6-15(7-5-14)10-16-11-18(17-8-9-29-24(17)22(16)25)20-12-19(27)23(28)21(13-26)30-20/h4-7,11,19-21,23,26-28H,2-3,8-10,12-13H2,1H3/t19?,20?,21?,23-/m0/s1. The largest absolute Gasteiger partial charge is 0.491 e. The average Bonchev–Trinajstić information content (AvgIpc) is 3.24. The lowest BCUT2D eigenvalue weighted by Crippen LogP contribution is -2.47. The van der Waals surface area contributed by atoms with Crippen LogP contribution < -0.4 is 4.74 Å². The number of fused-ring (bicyclic) bond motifs is 1. The zero-order valence-corrected chi connectivity index (χ0v) is 17.9. The molecule has 1 fully saturated rings. The molecule has 4 atom stereocenters. The first-order valence-electron chi connectivity index (χ1n) is 10.7. The molecular weight excluding hydrogens is 404 g/mol. The molecule has 2 aliphatic heterocycles. The summed E-state index contributed by atoms with van der Waals surface area (Å²) in [5, 5.41) is 30.5. The fourth-order valence-electron chi connectivity index (χ4n) is 4.46. The Morgan fingerprint density at radius 3 is 2.57 bits per heavy atom. The topological polar surface area (TPSA) is 79.2 Å². The second-order valence-electron chi connectivity index (χ2n) is 8.23. The molecule has 30 heavy (non-hydrogen) atoms. The zero-order chi connectivity index (χ0) is 21.3. The van der Waals surface area contributed by atoms with Crippen molar-refractivity contribution < 1.29 is 24.8 Å². The molecule has 2 aromatic rings. The third-order valence-electron chi connectivity index (χ3n) is 6.08. The van der Waals surface area contributed by atoms with Crippen molar-refractivity contribution in [2.45, 2.75) is 63.4 Å². The number of ether oxygens (including phenoxy) is 2. The van der Waals surface area contributed by atoms with Crippen molar-refractivity contribution >= 4 is 11.6 Å². The van der Waals surface area contributed by atoms with E-state index < -0.39 is 24.4 Å². The summed E-state index contributed by atoms with van der Waals surface area (Å²) in [4.78, 5) is 0. The molecule has 2 aromatic carbocycles. The molecule has 0 aliphatic carbocycles. The van der Waals surface area contributed by atoms with Gasteiger partial charge in [-0.2, -0.15) is 0 Å². The Bertz CT molecular complexity index is 882. The summed E-state index contributed by atoms with van der Waals surface area (Å²) in [7, 11) is 0. The normalized spacial score (nSPS) is 25.8. The molecule has 4 rings (SSSR count). The summed E-state index contributed by atoms with van der Waals surface area (Å²) in [6, 6.07) is 10.6. The predicted octanol–water partition coefficient (Wildman–Crippen LogP) is 3.36. The molecule has 3 unspecified atom stereocenters. The number of rotatable bonds is 6. The fraction of sp³-hybridized carbons (Fsp3) is 0.500. The van der Waals surface area contributed by atoms with E-state index in [0.29, 0.717) is 23.8 Å². The van der Waals surface area contributed by atoms with E-state index in [2.05, 4.69) is 31.2 Å². The molecule has 5 nitrogen and oxygen atoms in total. The van der Waals surface area contributed by atoms with Crippen LogP contribution in [0.25, 0.3) is 0 Å². The van der Waals surface area contributed by atoms with E-state index in [9.17, 15) is 15.3 Å². The van der Waals surface area contributed by atoms with Crippen LogP contribution in [0.4, 0.5) is 0 Å². The van der Waals surface area contributed by atoms with E-state index in [-0.39, 0.29) is 13.0 Å². The highest BCUT2D eigenvalue weighted by Gasteiger charge is 2.39. The highest BCUT2D eigenvalue weighted by atomic mass is 35.5. The summed E-state index contributed by atoms with van der Waals surface area (Å²) >= 11 is 6.71. The van der Waals surface area contributed by atoms with Gasteiger partial charge in [0.1, 0.15) is 18.0 Å². The van der Waals surface area contributed by atoms with Crippen molar-refractivity contribution in [2.75, 3.05) is 13.2 Å². The van der Waals surface area contributed by atoms with Crippen molar-refractivity contribution in [1.82, 2.24) is 0 Å². The first-order chi connectivity index (χ1) is 14.5. The van der Waals surface area contributed by atoms with E-state index in [4.69, 9.17) is 21.1 Å². The first-order valence-corrected chi connectivity index (χ1v) is 11.1. The fourth-order valence-corrected chi connectivity index (χ4v) is 4.75. The molecule has 2 heterocycles. The summed E-state index contributed by atoms with van der Waals surface area (Å²) in [6.07, 6.45) is 0.532. The van der Waals surface area contributed by atoms with Crippen LogP contribution >= 0.6 is 11.6 Å². The second kappa shape index (κ2) is 9.25. The lowest BCUT2D eigenvalue weighted by Gasteiger charge is -2.37. The second-order valence-corrected chi connectivity index (χ2v) is 8.61. The van der Waals surface area contributed by atoms with Gasteiger partial charge in [0, 0.05) is 18.4 Å². The van der Waals surface area contributed by atoms with Gasteiger partial charge in [0.2, 0.25) is 0 Å². The highest BCUT2D eigenvalue weighted by Crippen LogP contribution is 2.44. The van der Waals surface area contributed by atoms with Crippen LogP contribution in [0.1, 0.15) is 53.7 Å². The van der Waals surface area contributed by atoms with E-state index >= 15 is 0 Å². The number of aliphatic hydroxyl groups excluding tert-OH is 3. The van der Waals surface area contributed by atoms with Crippen LogP contribution in [0.15, 0.2) is 30.3 Å². The van der Waals surface area contributed by atoms with E-state index in [0.717, 1.165) is 41.5 Å².